The van der Waals surface area contributed by atoms with Gasteiger partial charge in [-0.15, -0.1) is 11.3 Å². The number of piperazine rings is 1. The van der Waals surface area contributed by atoms with Crippen LogP contribution in [0.4, 0.5) is 0 Å². The molecule has 2 rings (SSSR count). The second kappa shape index (κ2) is 5.65. The average Bonchev–Trinajstić information content (AvgIpc) is 2.78. The zero-order valence-corrected chi connectivity index (χ0v) is 12.5. The van der Waals surface area contributed by atoms with E-state index in [2.05, 4.69) is 21.7 Å². The molecule has 0 amide bonds. The van der Waals surface area contributed by atoms with E-state index in [-0.39, 0.29) is 5.54 Å². The highest BCUT2D eigenvalue weighted by Crippen LogP contribution is 2.24. The van der Waals surface area contributed by atoms with E-state index >= 15 is 0 Å². The van der Waals surface area contributed by atoms with Crippen LogP contribution in [0.2, 0.25) is 0 Å². The van der Waals surface area contributed by atoms with Crippen molar-refractivity contribution in [2.75, 3.05) is 32.7 Å². The smallest absolute Gasteiger partial charge is 0.107 e. The van der Waals surface area contributed by atoms with Gasteiger partial charge in [0.2, 0.25) is 0 Å². The van der Waals surface area contributed by atoms with Gasteiger partial charge in [0.05, 0.1) is 6.54 Å². The van der Waals surface area contributed by atoms with E-state index in [1.807, 2.05) is 20.0 Å². The third kappa shape index (κ3) is 3.51. The number of hydrogen-bond donors (Lipinski definition) is 1. The number of nitrogens with two attached hydrogens (primary N) is 1. The maximum atomic E-state index is 6.09. The van der Waals surface area contributed by atoms with Crippen LogP contribution in [0, 0.1) is 0 Å². The Labute approximate surface area is 114 Å². The van der Waals surface area contributed by atoms with Gasteiger partial charge in [-0.05, 0) is 20.4 Å². The Morgan fingerprint density at radius 2 is 1.89 bits per heavy atom. The molecule has 0 radical (unpaired) electrons. The molecule has 0 aliphatic carbocycles. The molecule has 4 nitrogen and oxygen atoms in total. The monoisotopic (exact) mass is 268 g/mol. The Hall–Kier alpha value is -0.490. The molecule has 1 aromatic rings. The first kappa shape index (κ1) is 13.9. The van der Waals surface area contributed by atoms with Gasteiger partial charge < -0.3 is 10.6 Å². The summed E-state index contributed by atoms with van der Waals surface area (Å²) in [6.07, 6.45) is 1.93. The number of likely N-dealkylation sites (N-methyl/N-ethyl adjacent to an activating group) is 1. The fraction of sp³-hybridized carbons (Fsp3) is 0.769. The van der Waals surface area contributed by atoms with Crippen molar-refractivity contribution in [3.8, 4) is 0 Å². The molecule has 18 heavy (non-hydrogen) atoms. The fourth-order valence-corrected chi connectivity index (χ4v) is 3.11. The van der Waals surface area contributed by atoms with Crippen LogP contribution >= 0.6 is 11.3 Å². The predicted molar refractivity (Wildman–Crippen MR) is 76.7 cm³/mol. The van der Waals surface area contributed by atoms with E-state index in [4.69, 9.17) is 5.73 Å². The van der Waals surface area contributed by atoms with Crippen LogP contribution in [0.5, 0.6) is 0 Å². The van der Waals surface area contributed by atoms with Gasteiger partial charge in [-0.3, -0.25) is 4.90 Å². The molecular formula is C13H24N4S. The maximum Gasteiger partial charge on any atom is 0.107 e. The Kier molecular flexibility index (Phi) is 4.37. The first-order chi connectivity index (χ1) is 8.49. The molecule has 0 atom stereocenters. The van der Waals surface area contributed by atoms with Gasteiger partial charge in [0.15, 0.2) is 0 Å². The highest BCUT2D eigenvalue weighted by Gasteiger charge is 2.20. The summed E-state index contributed by atoms with van der Waals surface area (Å²) < 4.78 is 0. The summed E-state index contributed by atoms with van der Waals surface area (Å²) in [7, 11) is 0. The van der Waals surface area contributed by atoms with E-state index < -0.39 is 0 Å². The van der Waals surface area contributed by atoms with Crippen LogP contribution in [0.15, 0.2) is 6.20 Å². The third-order valence-corrected chi connectivity index (χ3v) is 4.78. The van der Waals surface area contributed by atoms with Crippen molar-refractivity contribution >= 4 is 11.3 Å². The Bertz CT molecular complexity index is 375. The summed E-state index contributed by atoms with van der Waals surface area (Å²) in [5, 5.41) is 1.19. The second-order valence-electron chi connectivity index (χ2n) is 5.55. The van der Waals surface area contributed by atoms with Crippen LogP contribution < -0.4 is 5.73 Å². The van der Waals surface area contributed by atoms with Gasteiger partial charge in [0.1, 0.15) is 5.01 Å². The highest BCUT2D eigenvalue weighted by molar-refractivity contribution is 7.11. The summed E-state index contributed by atoms with van der Waals surface area (Å²) in [6, 6.07) is 0. The lowest BCUT2D eigenvalue weighted by molar-refractivity contribution is 0.132. The van der Waals surface area contributed by atoms with Crippen molar-refractivity contribution in [1.29, 1.82) is 0 Å². The molecule has 1 saturated heterocycles. The Morgan fingerprint density at radius 3 is 2.39 bits per heavy atom. The van der Waals surface area contributed by atoms with Gasteiger partial charge >= 0.3 is 0 Å². The molecule has 102 valence electrons. The number of rotatable bonds is 4. The van der Waals surface area contributed by atoms with Crippen LogP contribution in [-0.4, -0.2) is 47.5 Å². The molecule has 1 aliphatic heterocycles. The zero-order chi connectivity index (χ0) is 13.2. The first-order valence-corrected chi connectivity index (χ1v) is 7.49. The quantitative estimate of drug-likeness (QED) is 0.898. The van der Waals surface area contributed by atoms with E-state index in [0.717, 1.165) is 26.2 Å². The van der Waals surface area contributed by atoms with Gasteiger partial charge in [-0.2, -0.15) is 0 Å². The summed E-state index contributed by atoms with van der Waals surface area (Å²) in [5.74, 6) is 0. The molecule has 1 fully saturated rings. The molecule has 5 heteroatoms. The van der Waals surface area contributed by atoms with Crippen LogP contribution in [0.3, 0.4) is 0 Å². The highest BCUT2D eigenvalue weighted by atomic mass is 32.1. The molecule has 0 saturated carbocycles. The number of aromatic nitrogens is 1. The largest absolute Gasteiger partial charge is 0.321 e. The van der Waals surface area contributed by atoms with Crippen molar-refractivity contribution in [2.45, 2.75) is 32.9 Å². The van der Waals surface area contributed by atoms with Crippen molar-refractivity contribution in [1.82, 2.24) is 14.8 Å². The van der Waals surface area contributed by atoms with Crippen molar-refractivity contribution in [3.05, 3.63) is 16.1 Å². The van der Waals surface area contributed by atoms with Crippen molar-refractivity contribution in [3.63, 3.8) is 0 Å². The average molecular weight is 268 g/mol. The summed E-state index contributed by atoms with van der Waals surface area (Å²) in [6.45, 7) is 13.1. The molecule has 0 spiro atoms. The van der Waals surface area contributed by atoms with Gasteiger partial charge in [-0.25, -0.2) is 4.98 Å². The lowest BCUT2D eigenvalue weighted by Gasteiger charge is -2.33. The number of hydrogen-bond acceptors (Lipinski definition) is 5. The SMILES string of the molecule is CCN1CCN(Cc2ncc(C(C)(C)N)s2)CC1. The molecule has 2 N–H and O–H groups in total. The van der Waals surface area contributed by atoms with E-state index in [9.17, 15) is 0 Å². The topological polar surface area (TPSA) is 45.4 Å². The Morgan fingerprint density at radius 1 is 1.28 bits per heavy atom. The van der Waals surface area contributed by atoms with Crippen molar-refractivity contribution < 1.29 is 0 Å². The molecule has 0 aromatic carbocycles. The van der Waals surface area contributed by atoms with Gasteiger partial charge in [0.25, 0.3) is 0 Å². The van der Waals surface area contributed by atoms with Crippen molar-refractivity contribution in [2.24, 2.45) is 5.73 Å². The lowest BCUT2D eigenvalue weighted by Crippen LogP contribution is -2.45. The second-order valence-corrected chi connectivity index (χ2v) is 6.67. The molecule has 0 unspecified atom stereocenters. The van der Waals surface area contributed by atoms with E-state index in [0.29, 0.717) is 0 Å². The maximum absolute atomic E-state index is 6.09. The zero-order valence-electron chi connectivity index (χ0n) is 11.6. The van der Waals surface area contributed by atoms with Crippen LogP contribution in [0.1, 0.15) is 30.7 Å². The van der Waals surface area contributed by atoms with Crippen LogP contribution in [0.25, 0.3) is 0 Å². The molecule has 2 heterocycles. The minimum absolute atomic E-state index is 0.267. The number of thiazole rings is 1. The standard InChI is InChI=1S/C13H24N4S/c1-4-16-5-7-17(8-6-16)10-12-15-9-11(18-12)13(2,3)14/h9H,4-8,10,14H2,1-3H3. The molecule has 0 bridgehead atoms. The molecule has 1 aromatic heterocycles. The molecular weight excluding hydrogens is 244 g/mol. The summed E-state index contributed by atoms with van der Waals surface area (Å²) in [5.41, 5.74) is 5.82. The minimum Gasteiger partial charge on any atom is -0.321 e. The summed E-state index contributed by atoms with van der Waals surface area (Å²) >= 11 is 1.75. The first-order valence-electron chi connectivity index (χ1n) is 6.68. The van der Waals surface area contributed by atoms with Gasteiger partial charge in [0, 0.05) is 42.8 Å². The van der Waals surface area contributed by atoms with E-state index in [1.54, 1.807) is 11.3 Å². The predicted octanol–water partition coefficient (Wildman–Crippen LogP) is 1.47. The third-order valence-electron chi connectivity index (χ3n) is 3.46. The van der Waals surface area contributed by atoms with Crippen LogP contribution in [-0.2, 0) is 12.1 Å². The Balaban J connectivity index is 1.89. The van der Waals surface area contributed by atoms with Gasteiger partial charge in [-0.1, -0.05) is 6.92 Å². The minimum atomic E-state index is -0.267. The molecule has 1 aliphatic rings. The lowest BCUT2D eigenvalue weighted by atomic mass is 10.1. The normalized spacial score (nSPS) is 19.3. The van der Waals surface area contributed by atoms with E-state index in [1.165, 1.54) is 23.0 Å². The number of nitrogens with zero attached hydrogens (tertiary/aromatic N) is 3. The summed E-state index contributed by atoms with van der Waals surface area (Å²) in [4.78, 5) is 10.6. The fourth-order valence-electron chi connectivity index (χ4n) is 2.14.